The summed E-state index contributed by atoms with van der Waals surface area (Å²) in [6.45, 7) is 25.6. The highest BCUT2D eigenvalue weighted by Gasteiger charge is 2.45. The molecule has 3 aromatic carbocycles. The summed E-state index contributed by atoms with van der Waals surface area (Å²) in [5.41, 5.74) is 11.5. The fourth-order valence-corrected chi connectivity index (χ4v) is 9.06. The second kappa shape index (κ2) is 26.1. The van der Waals surface area contributed by atoms with E-state index in [-0.39, 0.29) is 17.5 Å². The van der Waals surface area contributed by atoms with Crippen LogP contribution in [0.2, 0.25) is 0 Å². The highest BCUT2D eigenvalue weighted by atomic mass is 15.1. The molecule has 2 aliphatic rings. The molecule has 3 aromatic rings. The monoisotopic (exact) mass is 826 g/mol. The molecule has 62 heavy (non-hydrogen) atoms. The predicted molar refractivity (Wildman–Crippen MR) is 273 cm³/mol. The molecule has 5 unspecified atom stereocenters. The van der Waals surface area contributed by atoms with Crippen LogP contribution in [0.3, 0.4) is 0 Å². The van der Waals surface area contributed by atoms with E-state index in [0.717, 1.165) is 56.4 Å². The van der Waals surface area contributed by atoms with Gasteiger partial charge in [-0.05, 0) is 121 Å². The molecule has 0 aliphatic heterocycles. The van der Waals surface area contributed by atoms with Crippen molar-refractivity contribution in [3.05, 3.63) is 215 Å². The third-order valence-electron chi connectivity index (χ3n) is 12.4. The molecule has 5 atom stereocenters. The maximum absolute atomic E-state index is 5.16. The van der Waals surface area contributed by atoms with E-state index in [1.807, 2.05) is 32.1 Å². The number of unbranched alkanes of at least 4 members (excludes halogenated alkanes) is 1. The van der Waals surface area contributed by atoms with Crippen molar-refractivity contribution in [2.75, 3.05) is 0 Å². The van der Waals surface area contributed by atoms with Crippen molar-refractivity contribution in [2.45, 2.75) is 124 Å². The summed E-state index contributed by atoms with van der Waals surface area (Å²) in [5, 5.41) is 3.61. The van der Waals surface area contributed by atoms with E-state index in [1.165, 1.54) is 44.5 Å². The van der Waals surface area contributed by atoms with E-state index in [0.29, 0.717) is 18.4 Å². The van der Waals surface area contributed by atoms with Crippen molar-refractivity contribution in [3.8, 4) is 0 Å². The van der Waals surface area contributed by atoms with E-state index >= 15 is 0 Å². The molecular formula is C59H75N3. The van der Waals surface area contributed by atoms with Gasteiger partial charge in [-0.1, -0.05) is 212 Å². The van der Waals surface area contributed by atoms with Crippen molar-refractivity contribution in [2.24, 2.45) is 21.8 Å². The highest BCUT2D eigenvalue weighted by molar-refractivity contribution is 5.98. The molecule has 3 heteroatoms. The highest BCUT2D eigenvalue weighted by Crippen LogP contribution is 2.50. The molecular weight excluding hydrogens is 751 g/mol. The molecule has 1 N–H and O–H groups in total. The topological polar surface area (TPSA) is 36.8 Å². The van der Waals surface area contributed by atoms with E-state index in [2.05, 4.69) is 199 Å². The van der Waals surface area contributed by atoms with Gasteiger partial charge in [0.15, 0.2) is 0 Å². The van der Waals surface area contributed by atoms with Crippen LogP contribution in [0.15, 0.2) is 197 Å². The number of allylic oxidation sites excluding steroid dienone is 15. The molecule has 326 valence electrons. The maximum atomic E-state index is 5.16. The zero-order chi connectivity index (χ0) is 44.7. The van der Waals surface area contributed by atoms with Crippen LogP contribution in [0, 0.1) is 11.8 Å². The van der Waals surface area contributed by atoms with Crippen LogP contribution >= 0.6 is 0 Å². The Morgan fingerprint density at radius 2 is 1.71 bits per heavy atom. The van der Waals surface area contributed by atoms with Gasteiger partial charge in [-0.2, -0.15) is 0 Å². The fraction of sp³-hybridized carbons (Fsp3) is 0.356. The number of benzene rings is 3. The lowest BCUT2D eigenvalue weighted by atomic mass is 9.57. The summed E-state index contributed by atoms with van der Waals surface area (Å²) < 4.78 is 0. The Hall–Kier alpha value is -5.54. The van der Waals surface area contributed by atoms with Crippen molar-refractivity contribution in [1.29, 1.82) is 0 Å². The van der Waals surface area contributed by atoms with Gasteiger partial charge in [-0.3, -0.25) is 9.98 Å². The van der Waals surface area contributed by atoms with Gasteiger partial charge in [0.1, 0.15) is 12.0 Å². The Labute approximate surface area is 377 Å². The van der Waals surface area contributed by atoms with Crippen LogP contribution in [0.1, 0.15) is 128 Å². The van der Waals surface area contributed by atoms with Gasteiger partial charge in [0.2, 0.25) is 0 Å². The average molecular weight is 826 g/mol. The maximum Gasteiger partial charge on any atom is 0.141 e. The molecule has 0 bridgehead atoms. The Morgan fingerprint density at radius 3 is 2.39 bits per heavy atom. The first-order valence-electron chi connectivity index (χ1n) is 23.4. The van der Waals surface area contributed by atoms with Crippen LogP contribution in [0.4, 0.5) is 0 Å². The molecule has 5 rings (SSSR count). The molecule has 3 nitrogen and oxygen atoms in total. The van der Waals surface area contributed by atoms with Gasteiger partial charge in [-0.25, -0.2) is 0 Å². The lowest BCUT2D eigenvalue weighted by molar-refractivity contribution is 0.297. The third kappa shape index (κ3) is 12.5. The summed E-state index contributed by atoms with van der Waals surface area (Å²) in [4.78, 5) is 9.57. The second-order valence-corrected chi connectivity index (χ2v) is 16.2. The summed E-state index contributed by atoms with van der Waals surface area (Å²) >= 11 is 0. The number of nitrogens with zero attached hydrogens (tertiary/aromatic N) is 2. The fourth-order valence-electron chi connectivity index (χ4n) is 9.06. The van der Waals surface area contributed by atoms with Crippen molar-refractivity contribution < 1.29 is 0 Å². The van der Waals surface area contributed by atoms with Crippen LogP contribution in [-0.2, 0) is 18.4 Å². The number of fused-ring (bicyclic) bond motifs is 1. The zero-order valence-corrected chi connectivity index (χ0v) is 39.3. The summed E-state index contributed by atoms with van der Waals surface area (Å²) in [5.74, 6) is 1.80. The minimum Gasteiger partial charge on any atom is -0.345 e. The zero-order valence-electron chi connectivity index (χ0n) is 39.3. The van der Waals surface area contributed by atoms with Crippen LogP contribution < -0.4 is 5.32 Å². The molecule has 0 heterocycles. The van der Waals surface area contributed by atoms with Crippen molar-refractivity contribution in [3.63, 3.8) is 0 Å². The lowest BCUT2D eigenvalue weighted by Gasteiger charge is -2.45. The van der Waals surface area contributed by atoms with Gasteiger partial charge in [0.05, 0.1) is 6.54 Å². The number of aliphatic imine (C=N–C) groups is 2. The number of amidine groups is 1. The molecule has 0 amide bonds. The van der Waals surface area contributed by atoms with Gasteiger partial charge in [0.25, 0.3) is 0 Å². The van der Waals surface area contributed by atoms with Crippen LogP contribution in [-0.4, -0.2) is 18.7 Å². The summed E-state index contributed by atoms with van der Waals surface area (Å²) in [6, 6.07) is 29.6. The SMILES string of the molecule is C=C/C=C\C=C(/C)C(N=C)NC(=NCc1ccc(C2C=C(/C3=C/C=C\C(C)C(c4ccccc4)(C(/C=C\CC)CC)c4ccccc4C3)C=CC2)cc1)/C(=C/C)CCCC.CC. The Morgan fingerprint density at radius 1 is 0.968 bits per heavy atom. The van der Waals surface area contributed by atoms with E-state index in [9.17, 15) is 0 Å². The Balaban J connectivity index is 0.00000416. The number of hydrogen-bond acceptors (Lipinski definition) is 2. The second-order valence-electron chi connectivity index (χ2n) is 16.2. The van der Waals surface area contributed by atoms with Crippen molar-refractivity contribution >= 4 is 12.6 Å². The third-order valence-corrected chi connectivity index (χ3v) is 12.4. The van der Waals surface area contributed by atoms with Crippen molar-refractivity contribution in [1.82, 2.24) is 5.32 Å². The van der Waals surface area contributed by atoms with Crippen LogP contribution in [0.25, 0.3) is 0 Å². The van der Waals surface area contributed by atoms with Gasteiger partial charge >= 0.3 is 0 Å². The smallest absolute Gasteiger partial charge is 0.141 e. The van der Waals surface area contributed by atoms with E-state index < -0.39 is 0 Å². The number of rotatable bonds is 18. The van der Waals surface area contributed by atoms with Gasteiger partial charge in [-0.15, -0.1) is 0 Å². The first kappa shape index (κ1) is 49.1. The van der Waals surface area contributed by atoms with Gasteiger partial charge in [0, 0.05) is 11.3 Å². The minimum atomic E-state index is -0.273. The number of hydrogen-bond donors (Lipinski definition) is 1. The number of nitrogens with one attached hydrogen (secondary N) is 1. The van der Waals surface area contributed by atoms with E-state index in [1.54, 1.807) is 6.08 Å². The predicted octanol–water partition coefficient (Wildman–Crippen LogP) is 15.7. The first-order valence-corrected chi connectivity index (χ1v) is 23.4. The molecule has 0 aromatic heterocycles. The Bertz CT molecular complexity index is 2150. The average Bonchev–Trinajstić information content (AvgIpc) is 3.38. The molecule has 0 fully saturated rings. The molecule has 0 spiro atoms. The summed E-state index contributed by atoms with van der Waals surface area (Å²) in [7, 11) is 0. The molecule has 0 saturated heterocycles. The lowest BCUT2D eigenvalue weighted by Crippen LogP contribution is -2.42. The van der Waals surface area contributed by atoms with Crippen LogP contribution in [0.5, 0.6) is 0 Å². The Kier molecular flexibility index (Phi) is 20.6. The van der Waals surface area contributed by atoms with Gasteiger partial charge < -0.3 is 5.32 Å². The normalized spacial score (nSPS) is 21.8. The molecule has 0 radical (unpaired) electrons. The largest absolute Gasteiger partial charge is 0.345 e. The summed E-state index contributed by atoms with van der Waals surface area (Å²) in [6.07, 6.45) is 36.0. The van der Waals surface area contributed by atoms with E-state index in [4.69, 9.17) is 4.99 Å². The minimum absolute atomic E-state index is 0.201. The molecule has 2 aliphatic carbocycles. The quantitative estimate of drug-likeness (QED) is 0.0590. The standard InChI is InChI=1S/C57H69N3.C2H6/c1-9-14-18-25-43(6)55(58-8)60-56(46(12-4)27-15-10-2)59-42-45-36-38-47(39-37-45)48-30-24-31-49(40-48)50-29-23-26-44(7)57(52(13-5)32-16-11-3,53-33-19-17-20-34-53)54-35-22-21-28-51(54)41-50;1-2/h9,12,14,16-26,28-29,31-40,44,48,52,55H,1,8,10-11,13,15,27,30,41-42H2,2-7H3,(H,59,60);1-2H3/b18-14-,26-23-,32-16-,43-25+,46-12+,50-29+;. The first-order chi connectivity index (χ1) is 30.3. The molecule has 0 saturated carbocycles.